The van der Waals surface area contributed by atoms with Crippen molar-refractivity contribution in [1.82, 2.24) is 0 Å². The summed E-state index contributed by atoms with van der Waals surface area (Å²) in [5.41, 5.74) is -0.322. The number of alkyl halides is 3. The summed E-state index contributed by atoms with van der Waals surface area (Å²) in [6, 6.07) is 19.4. The first-order chi connectivity index (χ1) is 15.7. The van der Waals surface area contributed by atoms with Crippen molar-refractivity contribution in [2.75, 3.05) is 5.01 Å². The first-order valence-electron chi connectivity index (χ1n) is 9.66. The Morgan fingerprint density at radius 3 is 2.27 bits per heavy atom. The van der Waals surface area contributed by atoms with Crippen LogP contribution in [0.5, 0.6) is 5.75 Å². The lowest BCUT2D eigenvalue weighted by Gasteiger charge is -2.11. The van der Waals surface area contributed by atoms with Gasteiger partial charge in [-0.2, -0.15) is 23.3 Å². The van der Waals surface area contributed by atoms with E-state index in [1.165, 1.54) is 18.2 Å². The van der Waals surface area contributed by atoms with Gasteiger partial charge in [-0.1, -0.05) is 59.6 Å². The topological polar surface area (TPSA) is 41.9 Å². The second kappa shape index (κ2) is 9.29. The maximum Gasteiger partial charge on any atom is 0.435 e. The third-order valence-corrected chi connectivity index (χ3v) is 5.47. The molecule has 0 saturated carbocycles. The van der Waals surface area contributed by atoms with Crippen LogP contribution in [0.3, 0.4) is 0 Å². The van der Waals surface area contributed by atoms with E-state index in [0.717, 1.165) is 10.6 Å². The van der Waals surface area contributed by atoms with Gasteiger partial charge in [0.1, 0.15) is 12.4 Å². The van der Waals surface area contributed by atoms with Gasteiger partial charge in [-0.25, -0.2) is 0 Å². The van der Waals surface area contributed by atoms with Gasteiger partial charge in [-0.3, -0.25) is 4.79 Å². The Labute approximate surface area is 197 Å². The fourth-order valence-electron chi connectivity index (χ4n) is 3.12. The van der Waals surface area contributed by atoms with E-state index in [0.29, 0.717) is 21.4 Å². The third kappa shape index (κ3) is 5.21. The number of nitrogens with zero attached hydrogens (tertiary/aromatic N) is 2. The quantitative estimate of drug-likeness (QED) is 0.364. The number of carbonyl (C=O) groups excluding carboxylic acids is 1. The Balaban J connectivity index is 1.54. The molecule has 3 aromatic rings. The van der Waals surface area contributed by atoms with Gasteiger partial charge in [0, 0.05) is 0 Å². The summed E-state index contributed by atoms with van der Waals surface area (Å²) in [5.74, 6) is -0.356. The number of benzene rings is 3. The molecule has 4 nitrogen and oxygen atoms in total. The fraction of sp³-hybridized carbons (Fsp3) is 0.0833. The van der Waals surface area contributed by atoms with Gasteiger partial charge < -0.3 is 4.74 Å². The van der Waals surface area contributed by atoms with E-state index in [9.17, 15) is 18.0 Å². The highest BCUT2D eigenvalue weighted by Gasteiger charge is 2.46. The molecule has 9 heteroatoms. The van der Waals surface area contributed by atoms with Gasteiger partial charge in [0.2, 0.25) is 0 Å². The summed E-state index contributed by atoms with van der Waals surface area (Å²) in [7, 11) is 0. The number of carbonyl (C=O) groups is 1. The minimum absolute atomic E-state index is 0.229. The fourth-order valence-corrected chi connectivity index (χ4v) is 3.44. The molecule has 4 rings (SSSR count). The number of amides is 1. The van der Waals surface area contributed by atoms with Crippen molar-refractivity contribution < 1.29 is 22.7 Å². The molecule has 1 aliphatic rings. The van der Waals surface area contributed by atoms with Crippen LogP contribution in [0.2, 0.25) is 10.0 Å². The van der Waals surface area contributed by atoms with Gasteiger partial charge in [0.25, 0.3) is 5.91 Å². The lowest BCUT2D eigenvalue weighted by molar-refractivity contribution is -0.114. The van der Waals surface area contributed by atoms with Crippen LogP contribution < -0.4 is 9.75 Å². The van der Waals surface area contributed by atoms with Crippen molar-refractivity contribution >= 4 is 46.6 Å². The van der Waals surface area contributed by atoms with E-state index in [4.69, 9.17) is 27.9 Å². The van der Waals surface area contributed by atoms with Gasteiger partial charge >= 0.3 is 6.18 Å². The number of halogens is 5. The van der Waals surface area contributed by atoms with Crippen molar-refractivity contribution in [1.29, 1.82) is 0 Å². The molecule has 1 amide bonds. The second-order valence-corrected chi connectivity index (χ2v) is 7.88. The number of hydrazone groups is 1. The van der Waals surface area contributed by atoms with Crippen molar-refractivity contribution in [3.63, 3.8) is 0 Å². The molecule has 0 aromatic heterocycles. The normalized spacial score (nSPS) is 15.2. The first kappa shape index (κ1) is 22.9. The lowest BCUT2D eigenvalue weighted by Crippen LogP contribution is -2.25. The largest absolute Gasteiger partial charge is 0.489 e. The van der Waals surface area contributed by atoms with Crippen molar-refractivity contribution in [2.45, 2.75) is 12.8 Å². The summed E-state index contributed by atoms with van der Waals surface area (Å²) >= 11 is 11.9. The summed E-state index contributed by atoms with van der Waals surface area (Å²) in [5, 5.41) is 5.14. The predicted octanol–water partition coefficient (Wildman–Crippen LogP) is 6.92. The van der Waals surface area contributed by atoms with Crippen LogP contribution in [-0.2, 0) is 11.4 Å². The van der Waals surface area contributed by atoms with E-state index in [1.807, 2.05) is 0 Å². The summed E-state index contributed by atoms with van der Waals surface area (Å²) < 4.78 is 46.4. The lowest BCUT2D eigenvalue weighted by atomic mass is 10.1. The molecule has 1 heterocycles. The molecule has 0 atom stereocenters. The van der Waals surface area contributed by atoms with Crippen LogP contribution in [0.15, 0.2) is 83.5 Å². The zero-order chi connectivity index (χ0) is 23.6. The molecule has 168 valence electrons. The monoisotopic (exact) mass is 490 g/mol. The van der Waals surface area contributed by atoms with E-state index < -0.39 is 23.4 Å². The number of hydrogen-bond acceptors (Lipinski definition) is 3. The Hall–Kier alpha value is -3.29. The number of anilines is 1. The minimum Gasteiger partial charge on any atom is -0.489 e. The van der Waals surface area contributed by atoms with E-state index in [2.05, 4.69) is 5.10 Å². The average molecular weight is 491 g/mol. The molecule has 0 radical (unpaired) electrons. The molecule has 0 aliphatic carbocycles. The first-order valence-corrected chi connectivity index (χ1v) is 10.4. The molecule has 0 fully saturated rings. The standard InChI is InChI=1S/C24H15Cl2F3N2O2/c25-20-11-8-16(13-21(20)26)14-33-18-9-6-15(7-10-18)12-19-22(24(27,28)29)30-31(23(19)32)17-4-2-1-3-5-17/h1-13H,14H2/b19-12-. The highest BCUT2D eigenvalue weighted by Crippen LogP contribution is 2.32. The zero-order valence-electron chi connectivity index (χ0n) is 16.8. The van der Waals surface area contributed by atoms with Crippen LogP contribution in [0, 0.1) is 0 Å². The van der Waals surface area contributed by atoms with E-state index >= 15 is 0 Å². The second-order valence-electron chi connectivity index (χ2n) is 7.06. The maximum absolute atomic E-state index is 13.6. The maximum atomic E-state index is 13.6. The highest BCUT2D eigenvalue weighted by molar-refractivity contribution is 6.42. The summed E-state index contributed by atoms with van der Waals surface area (Å²) in [4.78, 5) is 12.7. The Kier molecular flexibility index (Phi) is 6.44. The van der Waals surface area contributed by atoms with E-state index in [-0.39, 0.29) is 12.3 Å². The van der Waals surface area contributed by atoms with Crippen molar-refractivity contribution in [3.05, 3.63) is 99.5 Å². The minimum atomic E-state index is -4.78. The Morgan fingerprint density at radius 2 is 1.64 bits per heavy atom. The van der Waals surface area contributed by atoms with Gasteiger partial charge in [-0.15, -0.1) is 0 Å². The van der Waals surface area contributed by atoms with Crippen molar-refractivity contribution in [3.8, 4) is 5.75 Å². The van der Waals surface area contributed by atoms with Crippen LogP contribution >= 0.6 is 23.2 Å². The van der Waals surface area contributed by atoms with Gasteiger partial charge in [-0.05, 0) is 53.6 Å². The molecule has 3 aromatic carbocycles. The van der Waals surface area contributed by atoms with Gasteiger partial charge in [0.05, 0.1) is 21.3 Å². The smallest absolute Gasteiger partial charge is 0.435 e. The number of rotatable bonds is 5. The Morgan fingerprint density at radius 1 is 0.939 bits per heavy atom. The van der Waals surface area contributed by atoms with Crippen LogP contribution in [-0.4, -0.2) is 17.8 Å². The molecule has 0 spiro atoms. The number of para-hydroxylation sites is 1. The molecule has 33 heavy (non-hydrogen) atoms. The zero-order valence-corrected chi connectivity index (χ0v) is 18.3. The SMILES string of the molecule is O=C1/C(=C\c2ccc(OCc3ccc(Cl)c(Cl)c3)cc2)C(C(F)(F)F)=NN1c1ccccc1. The molecule has 0 N–H and O–H groups in total. The van der Waals surface area contributed by atoms with Crippen LogP contribution in [0.4, 0.5) is 18.9 Å². The molecular formula is C24H15Cl2F3N2O2. The molecule has 0 unspecified atom stereocenters. The number of ether oxygens (including phenoxy) is 1. The molecule has 0 saturated heterocycles. The van der Waals surface area contributed by atoms with E-state index in [1.54, 1.807) is 60.7 Å². The third-order valence-electron chi connectivity index (χ3n) is 4.73. The predicted molar refractivity (Wildman–Crippen MR) is 123 cm³/mol. The van der Waals surface area contributed by atoms with Crippen LogP contribution in [0.25, 0.3) is 6.08 Å². The summed E-state index contributed by atoms with van der Waals surface area (Å²) in [6.07, 6.45) is -3.62. The van der Waals surface area contributed by atoms with Crippen molar-refractivity contribution in [2.24, 2.45) is 5.10 Å². The van der Waals surface area contributed by atoms with Crippen LogP contribution in [0.1, 0.15) is 11.1 Å². The molecule has 1 aliphatic heterocycles. The Bertz CT molecular complexity index is 1240. The highest BCUT2D eigenvalue weighted by atomic mass is 35.5. The molecular weight excluding hydrogens is 476 g/mol. The van der Waals surface area contributed by atoms with Gasteiger partial charge in [0.15, 0.2) is 5.71 Å². The summed E-state index contributed by atoms with van der Waals surface area (Å²) in [6.45, 7) is 0.229. The number of hydrogen-bond donors (Lipinski definition) is 0. The average Bonchev–Trinajstić information content (AvgIpc) is 3.12. The molecule has 0 bridgehead atoms.